The smallest absolute Gasteiger partial charge is 0.339 e. The highest BCUT2D eigenvalue weighted by Crippen LogP contribution is 2.17. The zero-order valence-corrected chi connectivity index (χ0v) is 22.2. The molecule has 10 heteroatoms. The number of rotatable bonds is 13. The standard InChI is InChI=1S/C29H32O10/c1-35-26(31)22-12-11-21(18-24(22)28(33)37-3)9-7-16-38-15-4-5-17-39-29(34)25-19-20(8-6-14-30)10-13-23(25)27(32)36-2/h10-13,18-19,30H,6-9,14-17H2,1-3H3. The molecule has 208 valence electrons. The maximum Gasteiger partial charge on any atom is 0.339 e. The van der Waals surface area contributed by atoms with Crippen LogP contribution in [-0.4, -0.2) is 76.7 Å². The lowest BCUT2D eigenvalue weighted by Gasteiger charge is -2.09. The molecule has 0 aliphatic rings. The predicted molar refractivity (Wildman–Crippen MR) is 140 cm³/mol. The minimum atomic E-state index is -0.707. The summed E-state index contributed by atoms with van der Waals surface area (Å²) in [5, 5.41) is 9.02. The number of hydrogen-bond donors (Lipinski definition) is 1. The number of carbonyl (C=O) groups excluding carboxylic acids is 4. The number of methoxy groups -OCH3 is 3. The second-order valence-electron chi connectivity index (χ2n) is 8.15. The first kappa shape index (κ1) is 31.0. The number of hydrogen-bond acceptors (Lipinski definition) is 10. The lowest BCUT2D eigenvalue weighted by molar-refractivity contribution is 0.0527. The highest BCUT2D eigenvalue weighted by Gasteiger charge is 2.20. The van der Waals surface area contributed by atoms with E-state index in [1.54, 1.807) is 24.3 Å². The molecule has 0 heterocycles. The Morgan fingerprint density at radius 3 is 1.69 bits per heavy atom. The Morgan fingerprint density at radius 2 is 1.15 bits per heavy atom. The normalized spacial score (nSPS) is 10.2. The number of aryl methyl sites for hydroxylation is 2. The van der Waals surface area contributed by atoms with E-state index < -0.39 is 23.9 Å². The Morgan fingerprint density at radius 1 is 0.667 bits per heavy atom. The van der Waals surface area contributed by atoms with Crippen molar-refractivity contribution in [1.29, 1.82) is 0 Å². The monoisotopic (exact) mass is 540 g/mol. The molecule has 0 unspecified atom stereocenters. The number of benzene rings is 2. The summed E-state index contributed by atoms with van der Waals surface area (Å²) >= 11 is 0. The van der Waals surface area contributed by atoms with Crippen LogP contribution < -0.4 is 0 Å². The van der Waals surface area contributed by atoms with Gasteiger partial charge in [0.15, 0.2) is 6.61 Å². The predicted octanol–water partition coefficient (Wildman–Crippen LogP) is 2.78. The molecule has 2 aromatic carbocycles. The molecule has 2 aromatic rings. The summed E-state index contributed by atoms with van der Waals surface area (Å²) in [4.78, 5) is 48.4. The van der Waals surface area contributed by atoms with E-state index in [9.17, 15) is 19.2 Å². The van der Waals surface area contributed by atoms with E-state index in [2.05, 4.69) is 11.8 Å². The highest BCUT2D eigenvalue weighted by molar-refractivity contribution is 6.04. The molecule has 0 saturated heterocycles. The van der Waals surface area contributed by atoms with Crippen molar-refractivity contribution in [1.82, 2.24) is 0 Å². The molecule has 0 bridgehead atoms. The molecule has 0 aromatic heterocycles. The SMILES string of the molecule is COC(=O)c1ccc(CCCOCC#CCOC(=O)c2cc(CCCO)ccc2C(=O)OC)cc1C(=O)OC. The van der Waals surface area contributed by atoms with E-state index in [0.29, 0.717) is 32.3 Å². The molecule has 0 spiro atoms. The van der Waals surface area contributed by atoms with Crippen molar-refractivity contribution >= 4 is 23.9 Å². The van der Waals surface area contributed by atoms with Gasteiger partial charge in [-0.05, 0) is 61.1 Å². The Labute approximate surface area is 227 Å². The Kier molecular flexibility index (Phi) is 13.2. The van der Waals surface area contributed by atoms with E-state index in [1.165, 1.54) is 33.5 Å². The molecule has 10 nitrogen and oxygen atoms in total. The average Bonchev–Trinajstić information content (AvgIpc) is 2.97. The van der Waals surface area contributed by atoms with Gasteiger partial charge in [0, 0.05) is 13.2 Å². The van der Waals surface area contributed by atoms with Crippen molar-refractivity contribution in [2.24, 2.45) is 0 Å². The van der Waals surface area contributed by atoms with Crippen molar-refractivity contribution in [3.05, 3.63) is 69.8 Å². The Bertz CT molecular complexity index is 1220. The third-order valence-corrected chi connectivity index (χ3v) is 5.56. The van der Waals surface area contributed by atoms with Crippen molar-refractivity contribution in [3.8, 4) is 11.8 Å². The summed E-state index contributed by atoms with van der Waals surface area (Å²) in [5.74, 6) is 2.84. The summed E-state index contributed by atoms with van der Waals surface area (Å²) in [6.45, 7) is 0.337. The summed E-state index contributed by atoms with van der Waals surface area (Å²) in [5.41, 5.74) is 2.05. The number of carbonyl (C=O) groups is 4. The van der Waals surface area contributed by atoms with Crippen molar-refractivity contribution in [3.63, 3.8) is 0 Å². The van der Waals surface area contributed by atoms with Gasteiger partial charge in [-0.3, -0.25) is 0 Å². The van der Waals surface area contributed by atoms with Gasteiger partial charge in [0.05, 0.1) is 43.6 Å². The van der Waals surface area contributed by atoms with Gasteiger partial charge in [0.2, 0.25) is 0 Å². The largest absolute Gasteiger partial charge is 0.465 e. The van der Waals surface area contributed by atoms with Gasteiger partial charge in [-0.2, -0.15) is 0 Å². The highest BCUT2D eigenvalue weighted by atomic mass is 16.5. The third kappa shape index (κ3) is 9.56. The van der Waals surface area contributed by atoms with Crippen LogP contribution in [0.25, 0.3) is 0 Å². The van der Waals surface area contributed by atoms with Crippen LogP contribution in [0.1, 0.15) is 65.4 Å². The lowest BCUT2D eigenvalue weighted by atomic mass is 10.0. The van der Waals surface area contributed by atoms with Crippen LogP contribution in [0.2, 0.25) is 0 Å². The van der Waals surface area contributed by atoms with E-state index in [4.69, 9.17) is 28.8 Å². The Hall–Kier alpha value is -4.20. The second-order valence-corrected chi connectivity index (χ2v) is 8.15. The van der Waals surface area contributed by atoms with E-state index in [0.717, 1.165) is 11.1 Å². The first-order valence-electron chi connectivity index (χ1n) is 12.2. The van der Waals surface area contributed by atoms with Gasteiger partial charge < -0.3 is 28.8 Å². The fraction of sp³-hybridized carbons (Fsp3) is 0.379. The first-order chi connectivity index (χ1) is 18.9. The molecule has 39 heavy (non-hydrogen) atoms. The molecular formula is C29H32O10. The Balaban J connectivity index is 1.82. The lowest BCUT2D eigenvalue weighted by Crippen LogP contribution is -2.14. The minimum Gasteiger partial charge on any atom is -0.465 e. The first-order valence-corrected chi connectivity index (χ1v) is 12.2. The fourth-order valence-electron chi connectivity index (χ4n) is 3.58. The van der Waals surface area contributed by atoms with E-state index >= 15 is 0 Å². The summed E-state index contributed by atoms with van der Waals surface area (Å²) < 4.78 is 24.9. The zero-order valence-electron chi connectivity index (χ0n) is 22.2. The molecule has 0 radical (unpaired) electrons. The van der Waals surface area contributed by atoms with Gasteiger partial charge >= 0.3 is 23.9 Å². The van der Waals surface area contributed by atoms with Crippen LogP contribution in [0.3, 0.4) is 0 Å². The van der Waals surface area contributed by atoms with Gasteiger partial charge in [0.25, 0.3) is 0 Å². The number of ether oxygens (including phenoxy) is 5. The minimum absolute atomic E-state index is 0.0106. The molecule has 0 amide bonds. The average molecular weight is 541 g/mol. The van der Waals surface area contributed by atoms with Crippen LogP contribution >= 0.6 is 0 Å². The summed E-state index contributed by atoms with van der Waals surface area (Å²) in [6.07, 6.45) is 2.29. The second kappa shape index (κ2) is 16.6. The molecule has 0 fully saturated rings. The number of aliphatic hydroxyl groups excluding tert-OH is 1. The summed E-state index contributed by atoms with van der Waals surface area (Å²) in [6, 6.07) is 9.61. The molecule has 1 N–H and O–H groups in total. The molecule has 2 rings (SSSR count). The maximum atomic E-state index is 12.5. The van der Waals surface area contributed by atoms with Gasteiger partial charge in [0.1, 0.15) is 6.61 Å². The van der Waals surface area contributed by atoms with Crippen LogP contribution in [0.15, 0.2) is 36.4 Å². The summed E-state index contributed by atoms with van der Waals surface area (Å²) in [7, 11) is 3.70. The van der Waals surface area contributed by atoms with Gasteiger partial charge in [-0.15, -0.1) is 0 Å². The third-order valence-electron chi connectivity index (χ3n) is 5.56. The molecule has 0 saturated carbocycles. The quantitative estimate of drug-likeness (QED) is 0.175. The van der Waals surface area contributed by atoms with E-state index in [1.807, 2.05) is 0 Å². The topological polar surface area (TPSA) is 135 Å². The van der Waals surface area contributed by atoms with Crippen LogP contribution in [0.5, 0.6) is 0 Å². The van der Waals surface area contributed by atoms with Crippen LogP contribution in [0, 0.1) is 11.8 Å². The molecule has 0 aliphatic carbocycles. The van der Waals surface area contributed by atoms with Crippen LogP contribution in [-0.2, 0) is 36.5 Å². The maximum absolute atomic E-state index is 12.5. The van der Waals surface area contributed by atoms with Gasteiger partial charge in [-0.1, -0.05) is 24.0 Å². The zero-order chi connectivity index (χ0) is 28.6. The van der Waals surface area contributed by atoms with Crippen molar-refractivity contribution in [2.45, 2.75) is 25.7 Å². The molecule has 0 aliphatic heterocycles. The molecular weight excluding hydrogens is 508 g/mol. The molecule has 0 atom stereocenters. The number of esters is 4. The van der Waals surface area contributed by atoms with Crippen molar-refractivity contribution < 1.29 is 48.0 Å². The van der Waals surface area contributed by atoms with Crippen LogP contribution in [0.4, 0.5) is 0 Å². The van der Waals surface area contributed by atoms with Crippen molar-refractivity contribution in [2.75, 3.05) is 47.8 Å². The number of aliphatic hydroxyl groups is 1. The van der Waals surface area contributed by atoms with Gasteiger partial charge in [-0.25, -0.2) is 19.2 Å². The fourth-order valence-corrected chi connectivity index (χ4v) is 3.58. The van der Waals surface area contributed by atoms with E-state index in [-0.39, 0.29) is 42.1 Å².